The molecule has 5 heteroatoms. The number of nitrogens with one attached hydrogen (secondary N) is 2. The summed E-state index contributed by atoms with van der Waals surface area (Å²) in [6.07, 6.45) is 7.82. The van der Waals surface area contributed by atoms with Crippen molar-refractivity contribution in [2.45, 2.75) is 57.7 Å². The van der Waals surface area contributed by atoms with Crippen LogP contribution in [0.15, 0.2) is 29.3 Å². The van der Waals surface area contributed by atoms with Gasteiger partial charge in [-0.05, 0) is 37.4 Å². The summed E-state index contributed by atoms with van der Waals surface area (Å²) in [5, 5.41) is 6.77. The van der Waals surface area contributed by atoms with E-state index in [1.807, 2.05) is 7.05 Å². The molecule has 2 rings (SSSR count). The average molecular weight is 361 g/mol. The predicted molar refractivity (Wildman–Crippen MR) is 109 cm³/mol. The number of rotatable bonds is 9. The van der Waals surface area contributed by atoms with Gasteiger partial charge in [0.1, 0.15) is 0 Å². The maximum Gasteiger partial charge on any atom is 0.191 e. The quantitative estimate of drug-likeness (QED) is 0.403. The zero-order valence-corrected chi connectivity index (χ0v) is 16.8. The van der Waals surface area contributed by atoms with Crippen LogP contribution in [0, 0.1) is 0 Å². The molecule has 0 unspecified atom stereocenters. The molecule has 1 aliphatic rings. The van der Waals surface area contributed by atoms with E-state index in [1.54, 1.807) is 7.11 Å². The lowest BCUT2D eigenvalue weighted by molar-refractivity contribution is 0.184. The van der Waals surface area contributed by atoms with Crippen molar-refractivity contribution in [2.75, 3.05) is 34.4 Å². The van der Waals surface area contributed by atoms with E-state index in [0.717, 1.165) is 44.7 Å². The van der Waals surface area contributed by atoms with Gasteiger partial charge < -0.3 is 15.4 Å². The topological polar surface area (TPSA) is 48.9 Å². The summed E-state index contributed by atoms with van der Waals surface area (Å²) in [6, 6.07) is 9.47. The smallest absolute Gasteiger partial charge is 0.191 e. The van der Waals surface area contributed by atoms with Gasteiger partial charge in [0, 0.05) is 46.4 Å². The van der Waals surface area contributed by atoms with Crippen LogP contribution < -0.4 is 10.6 Å². The Hall–Kier alpha value is -1.59. The Morgan fingerprint density at radius 2 is 1.88 bits per heavy atom. The molecule has 0 atom stereocenters. The third-order valence-electron chi connectivity index (χ3n) is 5.22. The largest absolute Gasteiger partial charge is 0.385 e. The first-order chi connectivity index (χ1) is 12.7. The first-order valence-electron chi connectivity index (χ1n) is 9.95. The molecule has 2 N–H and O–H groups in total. The fourth-order valence-corrected chi connectivity index (χ4v) is 3.63. The Morgan fingerprint density at radius 3 is 2.58 bits per heavy atom. The summed E-state index contributed by atoms with van der Waals surface area (Å²) in [5.74, 6) is 0.844. The van der Waals surface area contributed by atoms with Gasteiger partial charge in [0.15, 0.2) is 5.96 Å². The highest BCUT2D eigenvalue weighted by Crippen LogP contribution is 2.23. The molecule has 1 aromatic carbocycles. The third-order valence-corrected chi connectivity index (χ3v) is 5.22. The summed E-state index contributed by atoms with van der Waals surface area (Å²) in [4.78, 5) is 6.85. The second-order valence-electron chi connectivity index (χ2n) is 7.17. The molecule has 1 saturated carbocycles. The zero-order valence-electron chi connectivity index (χ0n) is 16.8. The third kappa shape index (κ3) is 6.96. The van der Waals surface area contributed by atoms with E-state index in [0.29, 0.717) is 0 Å². The maximum absolute atomic E-state index is 5.08. The van der Waals surface area contributed by atoms with Crippen LogP contribution in [0.3, 0.4) is 0 Å². The van der Waals surface area contributed by atoms with Gasteiger partial charge in [-0.2, -0.15) is 0 Å². The highest BCUT2D eigenvalue weighted by Gasteiger charge is 2.18. The van der Waals surface area contributed by atoms with Gasteiger partial charge >= 0.3 is 0 Å². The lowest BCUT2D eigenvalue weighted by atomic mass is 9.94. The molecular weight excluding hydrogens is 324 g/mol. The van der Waals surface area contributed by atoms with Crippen LogP contribution in [0.2, 0.25) is 0 Å². The van der Waals surface area contributed by atoms with Crippen LogP contribution in [-0.4, -0.2) is 51.3 Å². The molecule has 0 amide bonds. The summed E-state index contributed by atoms with van der Waals surface area (Å²) in [7, 11) is 5.82. The monoisotopic (exact) mass is 360 g/mol. The molecule has 1 aliphatic carbocycles. The Morgan fingerprint density at radius 1 is 1.15 bits per heavy atom. The van der Waals surface area contributed by atoms with E-state index in [2.05, 4.69) is 51.8 Å². The average Bonchev–Trinajstić information content (AvgIpc) is 2.69. The molecule has 0 spiro atoms. The predicted octanol–water partition coefficient (Wildman–Crippen LogP) is 3.15. The van der Waals surface area contributed by atoms with Crippen molar-refractivity contribution in [1.82, 2.24) is 15.5 Å². The van der Waals surface area contributed by atoms with Crippen molar-refractivity contribution < 1.29 is 4.74 Å². The maximum atomic E-state index is 5.08. The number of hydrogen-bond donors (Lipinski definition) is 2. The number of aliphatic imine (C=N–C) groups is 1. The van der Waals surface area contributed by atoms with Crippen molar-refractivity contribution in [3.8, 4) is 0 Å². The number of nitrogens with zero attached hydrogens (tertiary/aromatic N) is 2. The van der Waals surface area contributed by atoms with Crippen molar-refractivity contribution in [3.05, 3.63) is 35.4 Å². The summed E-state index contributed by atoms with van der Waals surface area (Å²) in [5.41, 5.74) is 2.75. The van der Waals surface area contributed by atoms with E-state index < -0.39 is 0 Å². The number of ether oxygens (including phenoxy) is 1. The molecule has 0 aliphatic heterocycles. The molecule has 0 saturated heterocycles. The van der Waals surface area contributed by atoms with Crippen LogP contribution >= 0.6 is 0 Å². The number of hydrogen-bond acceptors (Lipinski definition) is 3. The Balaban J connectivity index is 1.87. The molecule has 5 nitrogen and oxygen atoms in total. The molecule has 146 valence electrons. The first-order valence-corrected chi connectivity index (χ1v) is 9.95. The van der Waals surface area contributed by atoms with Crippen LogP contribution in [-0.2, 0) is 17.8 Å². The van der Waals surface area contributed by atoms with Gasteiger partial charge in [0.25, 0.3) is 0 Å². The Labute approximate surface area is 159 Å². The SMILES string of the molecule is CN=C(NCCCOC)NCc1ccccc1CN(C)C1CCCCC1. The standard InChI is InChI=1S/C21H36N4O/c1-22-21(23-14-9-15-26-3)24-16-18-10-7-8-11-19(18)17-25(2)20-12-5-4-6-13-20/h7-8,10-11,20H,4-6,9,12-17H2,1-3H3,(H2,22,23,24). The van der Waals surface area contributed by atoms with Gasteiger partial charge in [0.2, 0.25) is 0 Å². The molecule has 0 radical (unpaired) electrons. The highest BCUT2D eigenvalue weighted by atomic mass is 16.5. The van der Waals surface area contributed by atoms with E-state index in [-0.39, 0.29) is 0 Å². The van der Waals surface area contributed by atoms with Crippen molar-refractivity contribution in [2.24, 2.45) is 4.99 Å². The van der Waals surface area contributed by atoms with Crippen molar-refractivity contribution in [1.29, 1.82) is 0 Å². The lowest BCUT2D eigenvalue weighted by Crippen LogP contribution is -2.38. The minimum absolute atomic E-state index is 0.736. The Kier molecular flexibility index (Phi) is 9.50. The molecule has 1 aromatic rings. The number of guanidine groups is 1. The van der Waals surface area contributed by atoms with Gasteiger partial charge in [-0.25, -0.2) is 0 Å². The summed E-state index contributed by atoms with van der Waals surface area (Å²) < 4.78 is 5.08. The van der Waals surface area contributed by atoms with Crippen LogP contribution in [0.4, 0.5) is 0 Å². The number of methoxy groups -OCH3 is 1. The summed E-state index contributed by atoms with van der Waals surface area (Å²) >= 11 is 0. The normalized spacial score (nSPS) is 16.1. The molecule has 0 bridgehead atoms. The van der Waals surface area contributed by atoms with Gasteiger partial charge in [-0.15, -0.1) is 0 Å². The van der Waals surface area contributed by atoms with Gasteiger partial charge in [-0.1, -0.05) is 43.5 Å². The number of benzene rings is 1. The molecule has 1 fully saturated rings. The first kappa shape index (κ1) is 20.7. The Bertz CT molecular complexity index is 541. The summed E-state index contributed by atoms with van der Waals surface area (Å²) in [6.45, 7) is 3.43. The molecular formula is C21H36N4O. The minimum atomic E-state index is 0.736. The fraction of sp³-hybridized carbons (Fsp3) is 0.667. The van der Waals surface area contributed by atoms with E-state index in [4.69, 9.17) is 4.74 Å². The second kappa shape index (κ2) is 11.9. The van der Waals surface area contributed by atoms with Crippen LogP contribution in [0.5, 0.6) is 0 Å². The van der Waals surface area contributed by atoms with Crippen molar-refractivity contribution in [3.63, 3.8) is 0 Å². The molecule has 26 heavy (non-hydrogen) atoms. The van der Waals surface area contributed by atoms with E-state index in [1.165, 1.54) is 43.2 Å². The van der Waals surface area contributed by atoms with Gasteiger partial charge in [-0.3, -0.25) is 9.89 Å². The second-order valence-corrected chi connectivity index (χ2v) is 7.17. The van der Waals surface area contributed by atoms with E-state index in [9.17, 15) is 0 Å². The minimum Gasteiger partial charge on any atom is -0.385 e. The molecule has 0 aromatic heterocycles. The fourth-order valence-electron chi connectivity index (χ4n) is 3.63. The van der Waals surface area contributed by atoms with Crippen LogP contribution in [0.25, 0.3) is 0 Å². The highest BCUT2D eigenvalue weighted by molar-refractivity contribution is 5.79. The zero-order chi connectivity index (χ0) is 18.6. The van der Waals surface area contributed by atoms with Gasteiger partial charge in [0.05, 0.1) is 0 Å². The van der Waals surface area contributed by atoms with E-state index >= 15 is 0 Å². The lowest BCUT2D eigenvalue weighted by Gasteiger charge is -2.31. The van der Waals surface area contributed by atoms with Crippen LogP contribution in [0.1, 0.15) is 49.7 Å². The van der Waals surface area contributed by atoms with Crippen molar-refractivity contribution >= 4 is 5.96 Å². The molecule has 0 heterocycles.